The number of ether oxygens (including phenoxy) is 2. The summed E-state index contributed by atoms with van der Waals surface area (Å²) < 4.78 is 10.7. The van der Waals surface area contributed by atoms with Gasteiger partial charge in [0.05, 0.1) is 13.7 Å². The summed E-state index contributed by atoms with van der Waals surface area (Å²) in [5.41, 5.74) is 0.653. The Hall–Kier alpha value is -1.27. The minimum atomic E-state index is -0.967. The van der Waals surface area contributed by atoms with Crippen LogP contribution >= 0.6 is 15.9 Å². The molecule has 0 saturated carbocycles. The zero-order valence-electron chi connectivity index (χ0n) is 9.57. The molecule has 0 heterocycles. The Morgan fingerprint density at radius 3 is 2.71 bits per heavy atom. The van der Waals surface area contributed by atoms with E-state index in [9.17, 15) is 4.79 Å². The van der Waals surface area contributed by atoms with Crippen molar-refractivity contribution in [3.05, 3.63) is 22.7 Å². The van der Waals surface area contributed by atoms with E-state index in [1.54, 1.807) is 25.3 Å². The van der Waals surface area contributed by atoms with Crippen molar-refractivity contribution in [2.24, 2.45) is 0 Å². The number of benzene rings is 1. The molecule has 5 nitrogen and oxygen atoms in total. The molecule has 0 aliphatic carbocycles. The smallest absolute Gasteiger partial charge is 0.328 e. The van der Waals surface area contributed by atoms with E-state index in [1.807, 2.05) is 0 Å². The van der Waals surface area contributed by atoms with Crippen molar-refractivity contribution < 1.29 is 19.4 Å². The van der Waals surface area contributed by atoms with Gasteiger partial charge in [0.1, 0.15) is 11.8 Å². The normalized spacial score (nSPS) is 11.9. The first-order valence-corrected chi connectivity index (χ1v) is 5.69. The Kier molecular flexibility index (Phi) is 5.24. The number of methoxy groups -OCH3 is 2. The Morgan fingerprint density at radius 1 is 1.47 bits per heavy atom. The molecule has 0 aromatic heterocycles. The molecular weight excluding hydrogens is 290 g/mol. The number of aliphatic carboxylic acids is 1. The van der Waals surface area contributed by atoms with Gasteiger partial charge in [0.15, 0.2) is 0 Å². The van der Waals surface area contributed by atoms with Gasteiger partial charge in [-0.2, -0.15) is 0 Å². The molecule has 0 bridgehead atoms. The van der Waals surface area contributed by atoms with E-state index < -0.39 is 12.0 Å². The number of halogens is 1. The van der Waals surface area contributed by atoms with Gasteiger partial charge in [-0.05, 0) is 12.1 Å². The summed E-state index contributed by atoms with van der Waals surface area (Å²) in [6.07, 6.45) is 0. The van der Waals surface area contributed by atoms with Crippen LogP contribution < -0.4 is 10.1 Å². The molecule has 0 amide bonds. The van der Waals surface area contributed by atoms with Crippen LogP contribution in [-0.2, 0) is 9.53 Å². The maximum Gasteiger partial charge on any atom is 0.328 e. The van der Waals surface area contributed by atoms with Crippen LogP contribution in [0.15, 0.2) is 22.7 Å². The van der Waals surface area contributed by atoms with E-state index in [0.29, 0.717) is 11.4 Å². The highest BCUT2D eigenvalue weighted by molar-refractivity contribution is 9.10. The molecular formula is C11H14BrNO4. The summed E-state index contributed by atoms with van der Waals surface area (Å²) in [6, 6.07) is 4.49. The number of anilines is 1. The Labute approximate surface area is 108 Å². The third-order valence-electron chi connectivity index (χ3n) is 2.08. The molecule has 0 radical (unpaired) electrons. The molecule has 0 aliphatic rings. The predicted octanol–water partition coefficient (Wildman–Crippen LogP) is 1.97. The first kappa shape index (κ1) is 13.8. The second-order valence-corrected chi connectivity index (χ2v) is 4.29. The highest BCUT2D eigenvalue weighted by atomic mass is 79.9. The van der Waals surface area contributed by atoms with Crippen molar-refractivity contribution in [2.75, 3.05) is 26.1 Å². The van der Waals surface area contributed by atoms with Crippen LogP contribution in [0, 0.1) is 0 Å². The van der Waals surface area contributed by atoms with E-state index in [2.05, 4.69) is 21.2 Å². The second kappa shape index (κ2) is 6.46. The summed E-state index contributed by atoms with van der Waals surface area (Å²) in [7, 11) is 3.01. The molecule has 1 aromatic carbocycles. The minimum Gasteiger partial charge on any atom is -0.497 e. The Balaban J connectivity index is 2.84. The van der Waals surface area contributed by atoms with Gasteiger partial charge >= 0.3 is 5.97 Å². The fourth-order valence-corrected chi connectivity index (χ4v) is 1.78. The third kappa shape index (κ3) is 4.24. The van der Waals surface area contributed by atoms with Gasteiger partial charge in [0.25, 0.3) is 0 Å². The molecule has 1 atom stereocenters. The van der Waals surface area contributed by atoms with Crippen LogP contribution in [0.25, 0.3) is 0 Å². The van der Waals surface area contributed by atoms with Crippen molar-refractivity contribution in [1.29, 1.82) is 0 Å². The van der Waals surface area contributed by atoms with Crippen LogP contribution in [0.2, 0.25) is 0 Å². The van der Waals surface area contributed by atoms with Crippen LogP contribution in [-0.4, -0.2) is 37.9 Å². The fourth-order valence-electron chi connectivity index (χ4n) is 1.31. The van der Waals surface area contributed by atoms with Gasteiger partial charge in [-0.15, -0.1) is 0 Å². The molecule has 6 heteroatoms. The van der Waals surface area contributed by atoms with Crippen LogP contribution in [0.1, 0.15) is 0 Å². The van der Waals surface area contributed by atoms with E-state index in [-0.39, 0.29) is 6.61 Å². The number of carbonyl (C=O) groups is 1. The average molecular weight is 304 g/mol. The lowest BCUT2D eigenvalue weighted by Gasteiger charge is -2.15. The SMILES string of the molecule is COCC(Nc1cc(Br)cc(OC)c1)C(=O)O. The molecule has 0 spiro atoms. The topological polar surface area (TPSA) is 67.8 Å². The minimum absolute atomic E-state index is 0.0875. The summed E-state index contributed by atoms with van der Waals surface area (Å²) in [4.78, 5) is 10.9. The number of nitrogens with one attached hydrogen (secondary N) is 1. The van der Waals surface area contributed by atoms with Gasteiger partial charge in [-0.3, -0.25) is 0 Å². The average Bonchev–Trinajstić information content (AvgIpc) is 2.27. The summed E-state index contributed by atoms with van der Waals surface area (Å²) in [5, 5.41) is 11.8. The first-order valence-electron chi connectivity index (χ1n) is 4.89. The molecule has 94 valence electrons. The van der Waals surface area contributed by atoms with Crippen LogP contribution in [0.3, 0.4) is 0 Å². The molecule has 1 aromatic rings. The third-order valence-corrected chi connectivity index (χ3v) is 2.54. The number of hydrogen-bond donors (Lipinski definition) is 2. The summed E-state index contributed by atoms with van der Waals surface area (Å²) in [6.45, 7) is 0.0875. The summed E-state index contributed by atoms with van der Waals surface area (Å²) >= 11 is 3.32. The van der Waals surface area contributed by atoms with Crippen LogP contribution in [0.5, 0.6) is 5.75 Å². The zero-order valence-corrected chi connectivity index (χ0v) is 11.2. The summed E-state index contributed by atoms with van der Waals surface area (Å²) in [5.74, 6) is -0.325. The lowest BCUT2D eigenvalue weighted by Crippen LogP contribution is -2.33. The van der Waals surface area contributed by atoms with Crippen molar-refractivity contribution in [1.82, 2.24) is 0 Å². The van der Waals surface area contributed by atoms with Gasteiger partial charge in [-0.1, -0.05) is 15.9 Å². The van der Waals surface area contributed by atoms with Crippen molar-refractivity contribution in [3.63, 3.8) is 0 Å². The standard InChI is InChI=1S/C11H14BrNO4/c1-16-6-10(11(14)15)13-8-3-7(12)4-9(5-8)17-2/h3-5,10,13H,6H2,1-2H3,(H,14,15). The van der Waals surface area contributed by atoms with Crippen molar-refractivity contribution >= 4 is 27.6 Å². The monoisotopic (exact) mass is 303 g/mol. The highest BCUT2D eigenvalue weighted by Gasteiger charge is 2.17. The van der Waals surface area contributed by atoms with E-state index in [0.717, 1.165) is 4.47 Å². The highest BCUT2D eigenvalue weighted by Crippen LogP contribution is 2.24. The molecule has 0 aliphatic heterocycles. The number of carboxylic acid groups (broad SMARTS) is 1. The molecule has 2 N–H and O–H groups in total. The fraction of sp³-hybridized carbons (Fsp3) is 0.364. The molecule has 1 unspecified atom stereocenters. The van der Waals surface area contributed by atoms with Gasteiger partial charge in [-0.25, -0.2) is 4.79 Å². The predicted molar refractivity (Wildman–Crippen MR) is 67.6 cm³/mol. The molecule has 0 saturated heterocycles. The van der Waals surface area contributed by atoms with Crippen molar-refractivity contribution in [2.45, 2.75) is 6.04 Å². The number of rotatable bonds is 6. The first-order chi connectivity index (χ1) is 8.06. The maximum absolute atomic E-state index is 10.9. The van der Waals surface area contributed by atoms with E-state index in [1.165, 1.54) is 7.11 Å². The molecule has 1 rings (SSSR count). The van der Waals surface area contributed by atoms with Gasteiger partial charge < -0.3 is 19.9 Å². The van der Waals surface area contributed by atoms with Crippen molar-refractivity contribution in [3.8, 4) is 5.75 Å². The van der Waals surface area contributed by atoms with Crippen LogP contribution in [0.4, 0.5) is 5.69 Å². The quantitative estimate of drug-likeness (QED) is 0.841. The maximum atomic E-state index is 10.9. The zero-order chi connectivity index (χ0) is 12.8. The van der Waals surface area contributed by atoms with Gasteiger partial charge in [0, 0.05) is 23.3 Å². The van der Waals surface area contributed by atoms with E-state index >= 15 is 0 Å². The largest absolute Gasteiger partial charge is 0.497 e. The molecule has 0 fully saturated rings. The van der Waals surface area contributed by atoms with Gasteiger partial charge in [0.2, 0.25) is 0 Å². The number of hydrogen-bond acceptors (Lipinski definition) is 4. The number of carboxylic acids is 1. The second-order valence-electron chi connectivity index (χ2n) is 3.37. The molecule has 17 heavy (non-hydrogen) atoms. The van der Waals surface area contributed by atoms with E-state index in [4.69, 9.17) is 14.6 Å². The Bertz CT molecular complexity index is 397. The lowest BCUT2D eigenvalue weighted by atomic mass is 10.2. The Morgan fingerprint density at radius 2 is 2.18 bits per heavy atom. The lowest BCUT2D eigenvalue weighted by molar-refractivity contribution is -0.139.